The van der Waals surface area contributed by atoms with E-state index in [0.29, 0.717) is 18.1 Å². The number of carbonyl (C=O) groups is 1. The summed E-state index contributed by atoms with van der Waals surface area (Å²) in [5.74, 6) is -0.0524. The highest BCUT2D eigenvalue weighted by atomic mass is 19.1. The molecule has 1 amide bonds. The van der Waals surface area contributed by atoms with Crippen molar-refractivity contribution in [2.45, 2.75) is 32.7 Å². The molecule has 0 unspecified atom stereocenters. The lowest BCUT2D eigenvalue weighted by Gasteiger charge is -2.19. The van der Waals surface area contributed by atoms with Crippen LogP contribution in [-0.2, 0) is 12.0 Å². The summed E-state index contributed by atoms with van der Waals surface area (Å²) in [4.78, 5) is 12.3. The van der Waals surface area contributed by atoms with E-state index in [2.05, 4.69) is 41.6 Å². The van der Waals surface area contributed by atoms with E-state index in [9.17, 15) is 9.18 Å². The van der Waals surface area contributed by atoms with E-state index in [-0.39, 0.29) is 22.8 Å². The highest BCUT2D eigenvalue weighted by Gasteiger charge is 2.14. The maximum atomic E-state index is 12.9. The van der Waals surface area contributed by atoms with Gasteiger partial charge in [-0.05, 0) is 52.9 Å². The molecule has 3 rings (SSSR count). The van der Waals surface area contributed by atoms with Crippen LogP contribution in [0.4, 0.5) is 15.9 Å². The van der Waals surface area contributed by atoms with Gasteiger partial charge in [0.15, 0.2) is 5.69 Å². The molecule has 0 radical (unpaired) electrons. The van der Waals surface area contributed by atoms with Crippen molar-refractivity contribution in [1.82, 2.24) is 10.2 Å². The van der Waals surface area contributed by atoms with E-state index >= 15 is 0 Å². The summed E-state index contributed by atoms with van der Waals surface area (Å²) in [6.45, 7) is 6.91. The van der Waals surface area contributed by atoms with Gasteiger partial charge in [0.2, 0.25) is 0 Å². The van der Waals surface area contributed by atoms with Gasteiger partial charge in [-0.2, -0.15) is 0 Å². The van der Waals surface area contributed by atoms with Crippen LogP contribution in [0.5, 0.6) is 0 Å². The van der Waals surface area contributed by atoms with Gasteiger partial charge in [-0.25, -0.2) is 4.39 Å². The third-order valence-corrected chi connectivity index (χ3v) is 4.29. The van der Waals surface area contributed by atoms with Crippen LogP contribution >= 0.6 is 0 Å². The maximum Gasteiger partial charge on any atom is 0.276 e. The number of carbonyl (C=O) groups excluding carboxylic acids is 1. The standard InChI is InChI=1S/C22H23FN4O/c1-22(2,3)16-6-10-18(11-7-16)25-21(28)19-12-13-20(27-26-19)24-14-15-4-8-17(23)9-5-15/h4-13H,14H2,1-3H3,(H,24,27)(H,25,28). The van der Waals surface area contributed by atoms with E-state index in [4.69, 9.17) is 0 Å². The molecule has 1 aromatic heterocycles. The first kappa shape index (κ1) is 19.5. The topological polar surface area (TPSA) is 66.9 Å². The third-order valence-electron chi connectivity index (χ3n) is 4.29. The summed E-state index contributed by atoms with van der Waals surface area (Å²) < 4.78 is 12.9. The Hall–Kier alpha value is -3.28. The van der Waals surface area contributed by atoms with Gasteiger partial charge < -0.3 is 10.6 Å². The molecule has 0 bridgehead atoms. The molecule has 0 fully saturated rings. The van der Waals surface area contributed by atoms with Gasteiger partial charge in [-0.3, -0.25) is 4.79 Å². The second-order valence-corrected chi connectivity index (χ2v) is 7.57. The van der Waals surface area contributed by atoms with Gasteiger partial charge in [0.25, 0.3) is 5.91 Å². The van der Waals surface area contributed by atoms with E-state index < -0.39 is 0 Å². The van der Waals surface area contributed by atoms with Crippen molar-refractivity contribution in [2.75, 3.05) is 10.6 Å². The molecule has 2 aromatic carbocycles. The molecule has 28 heavy (non-hydrogen) atoms. The minimum atomic E-state index is -0.318. The van der Waals surface area contributed by atoms with Gasteiger partial charge in [0.05, 0.1) is 0 Å². The summed E-state index contributed by atoms with van der Waals surface area (Å²) in [7, 11) is 0. The Balaban J connectivity index is 1.58. The zero-order valence-electron chi connectivity index (χ0n) is 16.2. The molecule has 2 N–H and O–H groups in total. The SMILES string of the molecule is CC(C)(C)c1ccc(NC(=O)c2ccc(NCc3ccc(F)cc3)nn2)cc1. The van der Waals surface area contributed by atoms with Crippen molar-refractivity contribution in [3.05, 3.63) is 83.3 Å². The van der Waals surface area contributed by atoms with Crippen LogP contribution in [-0.4, -0.2) is 16.1 Å². The van der Waals surface area contributed by atoms with Crippen LogP contribution in [0.2, 0.25) is 0 Å². The number of halogens is 1. The van der Waals surface area contributed by atoms with Crippen molar-refractivity contribution in [1.29, 1.82) is 0 Å². The third kappa shape index (κ3) is 5.13. The first-order chi connectivity index (χ1) is 13.3. The Morgan fingerprint density at radius 3 is 2.18 bits per heavy atom. The van der Waals surface area contributed by atoms with Crippen molar-refractivity contribution < 1.29 is 9.18 Å². The monoisotopic (exact) mass is 378 g/mol. The Kier molecular flexibility index (Phi) is 5.68. The molecule has 6 heteroatoms. The molecule has 0 aliphatic rings. The molecular formula is C22H23FN4O. The van der Waals surface area contributed by atoms with E-state index in [1.807, 2.05) is 24.3 Å². The van der Waals surface area contributed by atoms with Crippen molar-refractivity contribution >= 4 is 17.4 Å². The smallest absolute Gasteiger partial charge is 0.276 e. The average molecular weight is 378 g/mol. The molecule has 5 nitrogen and oxygen atoms in total. The Bertz CT molecular complexity index is 930. The number of rotatable bonds is 5. The predicted octanol–water partition coefficient (Wildman–Crippen LogP) is 4.78. The Morgan fingerprint density at radius 1 is 0.929 bits per heavy atom. The van der Waals surface area contributed by atoms with Crippen molar-refractivity contribution in [2.24, 2.45) is 0 Å². The van der Waals surface area contributed by atoms with E-state index in [0.717, 1.165) is 5.56 Å². The number of amides is 1. The molecular weight excluding hydrogens is 355 g/mol. The molecule has 144 valence electrons. The number of hydrogen-bond acceptors (Lipinski definition) is 4. The fourth-order valence-corrected chi connectivity index (χ4v) is 2.59. The first-order valence-corrected chi connectivity index (χ1v) is 9.05. The Morgan fingerprint density at radius 2 is 1.61 bits per heavy atom. The molecule has 0 saturated carbocycles. The largest absolute Gasteiger partial charge is 0.365 e. The number of nitrogens with zero attached hydrogens (tertiary/aromatic N) is 2. The predicted molar refractivity (Wildman–Crippen MR) is 109 cm³/mol. The summed E-state index contributed by atoms with van der Waals surface area (Å²) in [6, 6.07) is 17.3. The summed E-state index contributed by atoms with van der Waals surface area (Å²) in [6.07, 6.45) is 0. The van der Waals surface area contributed by atoms with Crippen LogP contribution in [0.25, 0.3) is 0 Å². The number of nitrogens with one attached hydrogen (secondary N) is 2. The molecule has 0 aliphatic heterocycles. The van der Waals surface area contributed by atoms with Crippen LogP contribution in [0.3, 0.4) is 0 Å². The van der Waals surface area contributed by atoms with Gasteiger partial charge in [-0.15, -0.1) is 10.2 Å². The zero-order chi connectivity index (χ0) is 20.1. The maximum absolute atomic E-state index is 12.9. The quantitative estimate of drug-likeness (QED) is 0.671. The van der Waals surface area contributed by atoms with Crippen LogP contribution in [0.1, 0.15) is 42.4 Å². The lowest BCUT2D eigenvalue weighted by atomic mass is 9.87. The Labute approximate surface area is 164 Å². The second-order valence-electron chi connectivity index (χ2n) is 7.57. The fraction of sp³-hybridized carbons (Fsp3) is 0.227. The number of anilines is 2. The van der Waals surface area contributed by atoms with E-state index in [1.165, 1.54) is 17.7 Å². The number of hydrogen-bond donors (Lipinski definition) is 2. The first-order valence-electron chi connectivity index (χ1n) is 9.05. The molecule has 0 spiro atoms. The van der Waals surface area contributed by atoms with Gasteiger partial charge in [0.1, 0.15) is 11.6 Å². The van der Waals surface area contributed by atoms with Gasteiger partial charge >= 0.3 is 0 Å². The lowest BCUT2D eigenvalue weighted by Crippen LogP contribution is -2.15. The zero-order valence-corrected chi connectivity index (χ0v) is 16.2. The number of aromatic nitrogens is 2. The summed E-state index contributed by atoms with van der Waals surface area (Å²) >= 11 is 0. The van der Waals surface area contributed by atoms with Crippen molar-refractivity contribution in [3.8, 4) is 0 Å². The number of benzene rings is 2. The van der Waals surface area contributed by atoms with Gasteiger partial charge in [0, 0.05) is 12.2 Å². The average Bonchev–Trinajstić information content (AvgIpc) is 2.67. The summed E-state index contributed by atoms with van der Waals surface area (Å²) in [5, 5.41) is 13.9. The van der Waals surface area contributed by atoms with Crippen molar-refractivity contribution in [3.63, 3.8) is 0 Å². The minimum Gasteiger partial charge on any atom is -0.365 e. The van der Waals surface area contributed by atoms with Crippen LogP contribution in [0.15, 0.2) is 60.7 Å². The van der Waals surface area contributed by atoms with E-state index in [1.54, 1.807) is 24.3 Å². The highest BCUT2D eigenvalue weighted by Crippen LogP contribution is 2.23. The molecule has 0 saturated heterocycles. The molecule has 0 atom stereocenters. The second kappa shape index (κ2) is 8.17. The minimum absolute atomic E-state index is 0.0603. The summed E-state index contributed by atoms with van der Waals surface area (Å²) in [5.41, 5.74) is 3.11. The van der Waals surface area contributed by atoms with Gasteiger partial charge in [-0.1, -0.05) is 45.0 Å². The lowest BCUT2D eigenvalue weighted by molar-refractivity contribution is 0.102. The highest BCUT2D eigenvalue weighted by molar-refractivity contribution is 6.02. The van der Waals surface area contributed by atoms with Crippen LogP contribution in [0, 0.1) is 5.82 Å². The van der Waals surface area contributed by atoms with Crippen LogP contribution < -0.4 is 10.6 Å². The molecule has 3 aromatic rings. The molecule has 1 heterocycles. The normalized spacial score (nSPS) is 11.1. The fourth-order valence-electron chi connectivity index (χ4n) is 2.59. The molecule has 0 aliphatic carbocycles.